The Balaban J connectivity index is 1.61. The normalized spacial score (nSPS) is 17.9. The molecule has 2 fully saturated rings. The molecule has 3 aromatic rings. The first-order valence-electron chi connectivity index (χ1n) is 13.7. The Morgan fingerprint density at radius 2 is 0.914 bits per heavy atom. The van der Waals surface area contributed by atoms with E-state index in [1.807, 2.05) is 0 Å². The zero-order chi connectivity index (χ0) is 23.9. The third-order valence-electron chi connectivity index (χ3n) is 8.38. The van der Waals surface area contributed by atoms with E-state index in [1.54, 1.807) is 0 Å². The number of hydrogen-bond donors (Lipinski definition) is 0. The van der Waals surface area contributed by atoms with Crippen LogP contribution in [0.15, 0.2) is 91.0 Å². The zero-order valence-corrected chi connectivity index (χ0v) is 23.6. The predicted octanol–water partition coefficient (Wildman–Crippen LogP) is 5.97. The van der Waals surface area contributed by atoms with Crippen molar-refractivity contribution in [3.05, 3.63) is 91.0 Å². The van der Waals surface area contributed by atoms with E-state index >= 15 is 0 Å². The minimum absolute atomic E-state index is 0.0443. The molecule has 35 heavy (non-hydrogen) atoms. The van der Waals surface area contributed by atoms with Crippen molar-refractivity contribution in [2.75, 3.05) is 0 Å². The van der Waals surface area contributed by atoms with E-state index < -0.39 is 18.8 Å². The van der Waals surface area contributed by atoms with Gasteiger partial charge in [0.25, 0.3) is 0 Å². The second-order valence-electron chi connectivity index (χ2n) is 10.5. The molecule has 3 aromatic carbocycles. The number of benzene rings is 3. The summed E-state index contributed by atoms with van der Waals surface area (Å²) < 4.78 is 10.8. The molecular weight excluding hydrogens is 535 g/mol. The van der Waals surface area contributed by atoms with Gasteiger partial charge in [0.05, 0.1) is 0 Å². The van der Waals surface area contributed by atoms with Crippen LogP contribution in [0.4, 0.5) is 0 Å². The van der Waals surface area contributed by atoms with Crippen LogP contribution in [0.2, 0.25) is 0 Å². The van der Waals surface area contributed by atoms with Gasteiger partial charge in [-0.05, 0) is 0 Å². The van der Waals surface area contributed by atoms with Crippen LogP contribution in [-0.2, 0) is 7.87 Å². The van der Waals surface area contributed by atoms with Crippen LogP contribution in [0, 0.1) is 17.8 Å². The molecule has 0 unspecified atom stereocenters. The SMILES string of the molecule is O=C([O][Sn]([c]1ccccc1)([c]1ccccc1)[c]1ccccc1)C(C1CCCCC1)C1CCCCC1. The number of carbonyl (C=O) groups is 1. The van der Waals surface area contributed by atoms with E-state index in [-0.39, 0.29) is 11.9 Å². The number of carbonyl (C=O) groups excluding carboxylic acids is 1. The van der Waals surface area contributed by atoms with E-state index in [9.17, 15) is 4.79 Å². The molecule has 2 saturated carbocycles. The van der Waals surface area contributed by atoms with Crippen LogP contribution in [0.25, 0.3) is 0 Å². The van der Waals surface area contributed by atoms with Crippen LogP contribution in [0.1, 0.15) is 64.2 Å². The maximum absolute atomic E-state index is 14.5. The van der Waals surface area contributed by atoms with Crippen molar-refractivity contribution in [2.45, 2.75) is 64.2 Å². The van der Waals surface area contributed by atoms with Crippen LogP contribution in [0.5, 0.6) is 0 Å². The monoisotopic (exact) mass is 574 g/mol. The van der Waals surface area contributed by atoms with Crippen LogP contribution in [0.3, 0.4) is 0 Å². The molecule has 0 N–H and O–H groups in total. The van der Waals surface area contributed by atoms with E-state index in [0.29, 0.717) is 11.8 Å². The molecule has 5 rings (SSSR count). The topological polar surface area (TPSA) is 26.3 Å². The first-order valence-corrected chi connectivity index (χ1v) is 19.1. The van der Waals surface area contributed by atoms with Gasteiger partial charge in [-0.2, -0.15) is 0 Å². The van der Waals surface area contributed by atoms with Gasteiger partial charge >= 0.3 is 216 Å². The Labute approximate surface area is 215 Å². The summed E-state index contributed by atoms with van der Waals surface area (Å²) in [7, 11) is 0. The summed E-state index contributed by atoms with van der Waals surface area (Å²) in [6, 6.07) is 31.9. The van der Waals surface area contributed by atoms with E-state index in [2.05, 4.69) is 91.0 Å². The summed E-state index contributed by atoms with van der Waals surface area (Å²) in [6.45, 7) is 0. The second-order valence-corrected chi connectivity index (χ2v) is 19.9. The fraction of sp³-hybridized carbons (Fsp3) is 0.406. The average Bonchev–Trinajstić information content (AvgIpc) is 2.94. The van der Waals surface area contributed by atoms with Crippen LogP contribution >= 0.6 is 0 Å². The Morgan fingerprint density at radius 3 is 1.26 bits per heavy atom. The molecule has 0 heterocycles. The first kappa shape index (κ1) is 24.6. The van der Waals surface area contributed by atoms with Crippen molar-refractivity contribution in [3.8, 4) is 0 Å². The van der Waals surface area contributed by atoms with E-state index in [0.717, 1.165) is 0 Å². The van der Waals surface area contributed by atoms with Gasteiger partial charge in [-0.3, -0.25) is 0 Å². The van der Waals surface area contributed by atoms with Crippen molar-refractivity contribution < 1.29 is 7.87 Å². The maximum atomic E-state index is 14.5. The Bertz CT molecular complexity index is 940. The van der Waals surface area contributed by atoms with Gasteiger partial charge in [0.1, 0.15) is 0 Å². The van der Waals surface area contributed by atoms with Crippen molar-refractivity contribution in [1.82, 2.24) is 0 Å². The fourth-order valence-electron chi connectivity index (χ4n) is 6.67. The molecule has 0 radical (unpaired) electrons. The fourth-order valence-corrected chi connectivity index (χ4v) is 17.5. The molecule has 2 aliphatic carbocycles. The second kappa shape index (κ2) is 11.8. The number of rotatable bonds is 7. The van der Waals surface area contributed by atoms with Crippen molar-refractivity contribution in [3.63, 3.8) is 0 Å². The number of hydrogen-bond acceptors (Lipinski definition) is 2. The summed E-state index contributed by atoms with van der Waals surface area (Å²) >= 11 is -4.08. The van der Waals surface area contributed by atoms with Gasteiger partial charge in [0, 0.05) is 0 Å². The molecule has 3 heteroatoms. The van der Waals surface area contributed by atoms with Gasteiger partial charge in [-0.15, -0.1) is 0 Å². The standard InChI is InChI=1S/C14H24O2.3C6H5.Sn/c15-14(16)13(11-7-3-1-4-8-11)12-9-5-2-6-10-12;3*1-2-4-6-5-3-1;/h11-13H,1-10H2,(H,15,16);3*1-5H;/q;;;;+1/p-1. The van der Waals surface area contributed by atoms with Crippen LogP contribution in [-0.4, -0.2) is 24.8 Å². The minimum atomic E-state index is -4.08. The molecule has 0 amide bonds. The zero-order valence-electron chi connectivity index (χ0n) is 20.8. The predicted molar refractivity (Wildman–Crippen MR) is 147 cm³/mol. The Hall–Kier alpha value is -2.07. The van der Waals surface area contributed by atoms with Gasteiger partial charge < -0.3 is 0 Å². The molecule has 182 valence electrons. The Morgan fingerprint density at radius 1 is 0.571 bits per heavy atom. The third kappa shape index (κ3) is 5.38. The molecule has 2 aliphatic rings. The van der Waals surface area contributed by atoms with Gasteiger partial charge in [-0.1, -0.05) is 0 Å². The van der Waals surface area contributed by atoms with Crippen LogP contribution < -0.4 is 10.7 Å². The van der Waals surface area contributed by atoms with Gasteiger partial charge in [-0.25, -0.2) is 0 Å². The van der Waals surface area contributed by atoms with E-state index in [1.165, 1.54) is 74.9 Å². The van der Waals surface area contributed by atoms with Crippen molar-refractivity contribution in [1.29, 1.82) is 0 Å². The van der Waals surface area contributed by atoms with Gasteiger partial charge in [0.2, 0.25) is 0 Å². The summed E-state index contributed by atoms with van der Waals surface area (Å²) in [5.74, 6) is 1.09. The molecule has 0 aromatic heterocycles. The summed E-state index contributed by atoms with van der Waals surface area (Å²) in [4.78, 5) is 14.5. The summed E-state index contributed by atoms with van der Waals surface area (Å²) in [6.07, 6.45) is 12.4. The summed E-state index contributed by atoms with van der Waals surface area (Å²) in [5, 5.41) is 0. The molecule has 2 nitrogen and oxygen atoms in total. The molecule has 0 aliphatic heterocycles. The molecule has 0 saturated heterocycles. The third-order valence-corrected chi connectivity index (χ3v) is 19.6. The van der Waals surface area contributed by atoms with Gasteiger partial charge in [0.15, 0.2) is 0 Å². The van der Waals surface area contributed by atoms with E-state index in [4.69, 9.17) is 3.07 Å². The first-order chi connectivity index (χ1) is 17.3. The quantitative estimate of drug-likeness (QED) is 0.326. The average molecular weight is 573 g/mol. The summed E-state index contributed by atoms with van der Waals surface area (Å²) in [5.41, 5.74) is 0. The molecule has 0 bridgehead atoms. The van der Waals surface area contributed by atoms with Crippen molar-refractivity contribution in [2.24, 2.45) is 17.8 Å². The molecule has 0 atom stereocenters. The Kier molecular flexibility index (Phi) is 8.28. The molecule has 0 spiro atoms. The molecular formula is C32H38O2Sn. The van der Waals surface area contributed by atoms with Crippen molar-refractivity contribution >= 4 is 35.5 Å².